The molecule has 0 saturated heterocycles. The molecule has 0 amide bonds. The number of nitrogens with one attached hydrogen (secondary N) is 1. The van der Waals surface area contributed by atoms with E-state index in [0.29, 0.717) is 12.5 Å². The van der Waals surface area contributed by atoms with Crippen LogP contribution in [0, 0.1) is 5.92 Å². The molecular formula is C18H32N2. The zero-order valence-corrected chi connectivity index (χ0v) is 13.3. The Labute approximate surface area is 125 Å². The van der Waals surface area contributed by atoms with E-state index in [-0.39, 0.29) is 0 Å². The van der Waals surface area contributed by atoms with Crippen LogP contribution < -0.4 is 11.1 Å². The van der Waals surface area contributed by atoms with Crippen LogP contribution in [-0.4, -0.2) is 19.6 Å². The van der Waals surface area contributed by atoms with Crippen molar-refractivity contribution >= 4 is 0 Å². The smallest absolute Gasteiger partial charge is 0.00863 e. The van der Waals surface area contributed by atoms with Gasteiger partial charge >= 0.3 is 0 Å². The Bertz CT molecular complexity index is 321. The molecule has 0 saturated carbocycles. The molecule has 1 atom stereocenters. The summed E-state index contributed by atoms with van der Waals surface area (Å²) in [7, 11) is 0. The molecule has 0 radical (unpaired) electrons. The van der Waals surface area contributed by atoms with Gasteiger partial charge in [0.1, 0.15) is 0 Å². The van der Waals surface area contributed by atoms with E-state index in [0.717, 1.165) is 19.0 Å². The molecule has 0 spiro atoms. The SMILES string of the molecule is CC(C)CCCCCCNCC(CN)c1ccccc1. The third kappa shape index (κ3) is 7.66. The van der Waals surface area contributed by atoms with E-state index >= 15 is 0 Å². The average Bonchev–Trinajstić information content (AvgIpc) is 2.46. The van der Waals surface area contributed by atoms with Crippen molar-refractivity contribution in [2.75, 3.05) is 19.6 Å². The third-order valence-corrected chi connectivity index (χ3v) is 3.83. The highest BCUT2D eigenvalue weighted by Gasteiger charge is 2.07. The Balaban J connectivity index is 2.05. The standard InChI is InChI=1S/C18H32N2/c1-16(2)10-6-3-4-9-13-20-15-18(14-19)17-11-7-5-8-12-17/h5,7-8,11-12,16,18,20H,3-4,6,9-10,13-15,19H2,1-2H3. The van der Waals surface area contributed by atoms with E-state index in [9.17, 15) is 0 Å². The molecule has 1 aromatic carbocycles. The van der Waals surface area contributed by atoms with Crippen LogP contribution in [-0.2, 0) is 0 Å². The fraction of sp³-hybridized carbons (Fsp3) is 0.667. The molecule has 1 rings (SSSR count). The van der Waals surface area contributed by atoms with Crippen LogP contribution in [0.5, 0.6) is 0 Å². The van der Waals surface area contributed by atoms with E-state index in [2.05, 4.69) is 49.5 Å². The third-order valence-electron chi connectivity index (χ3n) is 3.83. The average molecular weight is 276 g/mol. The second-order valence-corrected chi connectivity index (χ2v) is 6.14. The zero-order valence-electron chi connectivity index (χ0n) is 13.3. The monoisotopic (exact) mass is 276 g/mol. The van der Waals surface area contributed by atoms with Gasteiger partial charge in [0.2, 0.25) is 0 Å². The van der Waals surface area contributed by atoms with Crippen LogP contribution in [0.4, 0.5) is 0 Å². The maximum atomic E-state index is 5.87. The highest BCUT2D eigenvalue weighted by molar-refractivity contribution is 5.20. The van der Waals surface area contributed by atoms with Crippen molar-refractivity contribution in [1.29, 1.82) is 0 Å². The second-order valence-electron chi connectivity index (χ2n) is 6.14. The Kier molecular flexibility index (Phi) is 9.35. The van der Waals surface area contributed by atoms with Gasteiger partial charge in [0.05, 0.1) is 0 Å². The minimum atomic E-state index is 0.442. The first-order chi connectivity index (χ1) is 9.74. The molecule has 3 N–H and O–H groups in total. The van der Waals surface area contributed by atoms with Crippen LogP contribution in [0.25, 0.3) is 0 Å². The van der Waals surface area contributed by atoms with Crippen molar-refractivity contribution in [3.05, 3.63) is 35.9 Å². The van der Waals surface area contributed by atoms with E-state index in [4.69, 9.17) is 5.73 Å². The van der Waals surface area contributed by atoms with Crippen molar-refractivity contribution in [2.45, 2.75) is 51.9 Å². The molecule has 1 unspecified atom stereocenters. The van der Waals surface area contributed by atoms with Gasteiger partial charge in [0, 0.05) is 19.0 Å². The number of hydrogen-bond donors (Lipinski definition) is 2. The van der Waals surface area contributed by atoms with Crippen LogP contribution in [0.2, 0.25) is 0 Å². The normalized spacial score (nSPS) is 12.8. The summed E-state index contributed by atoms with van der Waals surface area (Å²) in [5.74, 6) is 1.29. The van der Waals surface area contributed by atoms with E-state index < -0.39 is 0 Å². The first kappa shape index (κ1) is 17.2. The molecule has 0 aliphatic carbocycles. The quantitative estimate of drug-likeness (QED) is 0.601. The molecule has 0 fully saturated rings. The molecule has 0 aliphatic rings. The fourth-order valence-electron chi connectivity index (χ4n) is 2.49. The van der Waals surface area contributed by atoms with Gasteiger partial charge in [-0.05, 0) is 24.4 Å². The number of benzene rings is 1. The topological polar surface area (TPSA) is 38.0 Å². The van der Waals surface area contributed by atoms with Crippen molar-refractivity contribution in [3.8, 4) is 0 Å². The Hall–Kier alpha value is -0.860. The fourth-order valence-corrected chi connectivity index (χ4v) is 2.49. The summed E-state index contributed by atoms with van der Waals surface area (Å²) in [5.41, 5.74) is 7.22. The Morgan fingerprint density at radius 1 is 1.00 bits per heavy atom. The van der Waals surface area contributed by atoms with Gasteiger partial charge < -0.3 is 11.1 Å². The van der Waals surface area contributed by atoms with Crippen molar-refractivity contribution < 1.29 is 0 Å². The lowest BCUT2D eigenvalue weighted by Crippen LogP contribution is -2.27. The van der Waals surface area contributed by atoms with E-state index in [1.807, 2.05) is 0 Å². The number of hydrogen-bond acceptors (Lipinski definition) is 2. The van der Waals surface area contributed by atoms with Crippen LogP contribution in [0.3, 0.4) is 0 Å². The second kappa shape index (κ2) is 10.9. The van der Waals surface area contributed by atoms with Gasteiger partial charge in [-0.25, -0.2) is 0 Å². The summed E-state index contributed by atoms with van der Waals surface area (Å²) < 4.78 is 0. The predicted molar refractivity (Wildman–Crippen MR) is 89.0 cm³/mol. The van der Waals surface area contributed by atoms with Gasteiger partial charge in [-0.1, -0.05) is 69.9 Å². The molecule has 0 aromatic heterocycles. The highest BCUT2D eigenvalue weighted by atomic mass is 14.9. The molecule has 0 aliphatic heterocycles. The predicted octanol–water partition coefficient (Wildman–Crippen LogP) is 3.93. The number of rotatable bonds is 11. The molecule has 0 bridgehead atoms. The summed E-state index contributed by atoms with van der Waals surface area (Å²) in [6, 6.07) is 10.6. The minimum Gasteiger partial charge on any atom is -0.330 e. The molecule has 0 heterocycles. The summed E-state index contributed by atoms with van der Waals surface area (Å²) in [6.45, 7) is 7.43. The highest BCUT2D eigenvalue weighted by Crippen LogP contribution is 2.13. The lowest BCUT2D eigenvalue weighted by atomic mass is 9.99. The van der Waals surface area contributed by atoms with Crippen molar-refractivity contribution in [1.82, 2.24) is 5.32 Å². The molecule has 1 aromatic rings. The van der Waals surface area contributed by atoms with Gasteiger partial charge in [0.15, 0.2) is 0 Å². The molecule has 2 heteroatoms. The van der Waals surface area contributed by atoms with Gasteiger partial charge in [-0.15, -0.1) is 0 Å². The summed E-state index contributed by atoms with van der Waals surface area (Å²) in [6.07, 6.45) is 6.76. The van der Waals surface area contributed by atoms with Gasteiger partial charge in [0.25, 0.3) is 0 Å². The maximum absolute atomic E-state index is 5.87. The number of unbranched alkanes of at least 4 members (excludes halogenated alkanes) is 3. The van der Waals surface area contributed by atoms with Crippen LogP contribution in [0.15, 0.2) is 30.3 Å². The maximum Gasteiger partial charge on any atom is 0.00863 e. The Morgan fingerprint density at radius 3 is 2.35 bits per heavy atom. The molecule has 114 valence electrons. The first-order valence-electron chi connectivity index (χ1n) is 8.19. The lowest BCUT2D eigenvalue weighted by molar-refractivity contribution is 0.506. The van der Waals surface area contributed by atoms with Crippen LogP contribution in [0.1, 0.15) is 57.4 Å². The first-order valence-corrected chi connectivity index (χ1v) is 8.19. The molecular weight excluding hydrogens is 244 g/mol. The van der Waals surface area contributed by atoms with Crippen molar-refractivity contribution in [3.63, 3.8) is 0 Å². The summed E-state index contributed by atoms with van der Waals surface area (Å²) in [5, 5.41) is 3.55. The largest absolute Gasteiger partial charge is 0.330 e. The van der Waals surface area contributed by atoms with Crippen LogP contribution >= 0.6 is 0 Å². The zero-order chi connectivity index (χ0) is 14.6. The van der Waals surface area contributed by atoms with Crippen molar-refractivity contribution in [2.24, 2.45) is 11.7 Å². The summed E-state index contributed by atoms with van der Waals surface area (Å²) in [4.78, 5) is 0. The lowest BCUT2D eigenvalue weighted by Gasteiger charge is -2.16. The van der Waals surface area contributed by atoms with E-state index in [1.165, 1.54) is 37.7 Å². The minimum absolute atomic E-state index is 0.442. The molecule has 2 nitrogen and oxygen atoms in total. The van der Waals surface area contributed by atoms with Gasteiger partial charge in [-0.2, -0.15) is 0 Å². The summed E-state index contributed by atoms with van der Waals surface area (Å²) >= 11 is 0. The van der Waals surface area contributed by atoms with E-state index in [1.54, 1.807) is 0 Å². The van der Waals surface area contributed by atoms with Gasteiger partial charge in [-0.3, -0.25) is 0 Å². The Morgan fingerprint density at radius 2 is 1.70 bits per heavy atom. The molecule has 20 heavy (non-hydrogen) atoms. The number of nitrogens with two attached hydrogens (primary N) is 1.